The van der Waals surface area contributed by atoms with Crippen molar-refractivity contribution in [2.75, 3.05) is 27.3 Å². The Bertz CT molecular complexity index is 435. The van der Waals surface area contributed by atoms with Crippen LogP contribution in [-0.2, 0) is 0 Å². The predicted octanol–water partition coefficient (Wildman–Crippen LogP) is 1.81. The third-order valence-corrected chi connectivity index (χ3v) is 3.21. The van der Waals surface area contributed by atoms with Crippen molar-refractivity contribution in [3.63, 3.8) is 0 Å². The topological polar surface area (TPSA) is 73.6 Å². The third kappa shape index (κ3) is 4.74. The van der Waals surface area contributed by atoms with Crippen LogP contribution in [-0.4, -0.2) is 33.2 Å². The largest absolute Gasteiger partial charge is 0.493 e. The fourth-order valence-corrected chi connectivity index (χ4v) is 1.85. The van der Waals surface area contributed by atoms with E-state index < -0.39 is 0 Å². The maximum atomic E-state index is 12.0. The number of ether oxygens (including phenoxy) is 2. The molecular formula is C15H24N2O3. The van der Waals surface area contributed by atoms with Gasteiger partial charge in [0, 0.05) is 12.1 Å². The molecule has 20 heavy (non-hydrogen) atoms. The monoisotopic (exact) mass is 280 g/mol. The summed E-state index contributed by atoms with van der Waals surface area (Å²) < 4.78 is 10.3. The van der Waals surface area contributed by atoms with E-state index in [2.05, 4.69) is 12.2 Å². The second-order valence-electron chi connectivity index (χ2n) is 4.81. The van der Waals surface area contributed by atoms with Crippen LogP contribution in [0.2, 0.25) is 0 Å². The van der Waals surface area contributed by atoms with Gasteiger partial charge in [-0.2, -0.15) is 0 Å². The first-order chi connectivity index (χ1) is 9.62. The van der Waals surface area contributed by atoms with Gasteiger partial charge in [0.2, 0.25) is 0 Å². The Labute approximate surface area is 120 Å². The van der Waals surface area contributed by atoms with Gasteiger partial charge in [0.05, 0.1) is 14.2 Å². The maximum Gasteiger partial charge on any atom is 0.251 e. The van der Waals surface area contributed by atoms with E-state index in [0.29, 0.717) is 36.1 Å². The van der Waals surface area contributed by atoms with Crippen molar-refractivity contribution in [1.29, 1.82) is 0 Å². The number of nitrogens with one attached hydrogen (secondary N) is 1. The van der Waals surface area contributed by atoms with E-state index in [1.807, 2.05) is 0 Å². The van der Waals surface area contributed by atoms with Gasteiger partial charge in [-0.25, -0.2) is 0 Å². The minimum absolute atomic E-state index is 0.105. The molecular weight excluding hydrogens is 256 g/mol. The summed E-state index contributed by atoms with van der Waals surface area (Å²) in [5.74, 6) is 1.55. The van der Waals surface area contributed by atoms with Gasteiger partial charge in [0.25, 0.3) is 5.91 Å². The molecule has 5 nitrogen and oxygen atoms in total. The van der Waals surface area contributed by atoms with Crippen LogP contribution in [0.3, 0.4) is 0 Å². The zero-order valence-electron chi connectivity index (χ0n) is 12.4. The lowest BCUT2D eigenvalue weighted by molar-refractivity contribution is 0.0952. The molecule has 0 saturated heterocycles. The average Bonchev–Trinajstić information content (AvgIpc) is 2.50. The quantitative estimate of drug-likeness (QED) is 0.712. The van der Waals surface area contributed by atoms with E-state index in [1.54, 1.807) is 32.4 Å². The third-order valence-electron chi connectivity index (χ3n) is 3.21. The molecule has 1 aromatic rings. The Morgan fingerprint density at radius 3 is 2.60 bits per heavy atom. The van der Waals surface area contributed by atoms with Crippen molar-refractivity contribution >= 4 is 5.91 Å². The second kappa shape index (κ2) is 8.43. The first kappa shape index (κ1) is 16.3. The molecule has 1 aromatic carbocycles. The minimum atomic E-state index is -0.105. The van der Waals surface area contributed by atoms with Crippen LogP contribution in [0, 0.1) is 5.92 Å². The summed E-state index contributed by atoms with van der Waals surface area (Å²) in [6.45, 7) is 3.44. The van der Waals surface area contributed by atoms with Crippen molar-refractivity contribution in [2.45, 2.75) is 19.8 Å². The highest BCUT2D eigenvalue weighted by atomic mass is 16.5. The Morgan fingerprint density at radius 1 is 1.30 bits per heavy atom. The van der Waals surface area contributed by atoms with Gasteiger partial charge in [0.15, 0.2) is 11.5 Å². The maximum absolute atomic E-state index is 12.0. The van der Waals surface area contributed by atoms with Crippen molar-refractivity contribution in [2.24, 2.45) is 11.7 Å². The number of carbonyl (C=O) groups is 1. The molecule has 0 aliphatic carbocycles. The Morgan fingerprint density at radius 2 is 2.00 bits per heavy atom. The van der Waals surface area contributed by atoms with Gasteiger partial charge in [-0.05, 0) is 43.5 Å². The van der Waals surface area contributed by atoms with Gasteiger partial charge < -0.3 is 20.5 Å². The number of hydrogen-bond acceptors (Lipinski definition) is 4. The molecule has 1 atom stereocenters. The highest BCUT2D eigenvalue weighted by molar-refractivity contribution is 5.94. The molecule has 0 aliphatic heterocycles. The van der Waals surface area contributed by atoms with E-state index >= 15 is 0 Å². The van der Waals surface area contributed by atoms with E-state index in [1.165, 1.54) is 0 Å². The molecule has 0 spiro atoms. The van der Waals surface area contributed by atoms with Crippen LogP contribution in [0.25, 0.3) is 0 Å². The molecule has 1 rings (SSSR count). The number of hydrogen-bond donors (Lipinski definition) is 2. The van der Waals surface area contributed by atoms with E-state index in [4.69, 9.17) is 15.2 Å². The van der Waals surface area contributed by atoms with Crippen LogP contribution < -0.4 is 20.5 Å². The fourth-order valence-electron chi connectivity index (χ4n) is 1.85. The molecule has 5 heteroatoms. The summed E-state index contributed by atoms with van der Waals surface area (Å²) in [6.07, 6.45) is 1.94. The van der Waals surface area contributed by atoms with E-state index in [-0.39, 0.29) is 5.91 Å². The average molecular weight is 280 g/mol. The summed E-state index contributed by atoms with van der Waals surface area (Å²) in [5, 5.41) is 2.89. The summed E-state index contributed by atoms with van der Waals surface area (Å²) in [4.78, 5) is 12.0. The van der Waals surface area contributed by atoms with Crippen molar-refractivity contribution in [3.05, 3.63) is 23.8 Å². The van der Waals surface area contributed by atoms with Crippen LogP contribution in [0.1, 0.15) is 30.1 Å². The summed E-state index contributed by atoms with van der Waals surface area (Å²) >= 11 is 0. The summed E-state index contributed by atoms with van der Waals surface area (Å²) in [7, 11) is 3.12. The van der Waals surface area contributed by atoms with Gasteiger partial charge >= 0.3 is 0 Å². The lowest BCUT2D eigenvalue weighted by atomic mass is 10.1. The molecule has 112 valence electrons. The molecule has 1 amide bonds. The van der Waals surface area contributed by atoms with Crippen LogP contribution >= 0.6 is 0 Å². The smallest absolute Gasteiger partial charge is 0.251 e. The van der Waals surface area contributed by atoms with Crippen molar-refractivity contribution in [3.8, 4) is 11.5 Å². The Balaban J connectivity index is 2.51. The molecule has 0 radical (unpaired) electrons. The zero-order valence-corrected chi connectivity index (χ0v) is 12.4. The van der Waals surface area contributed by atoms with E-state index in [0.717, 1.165) is 12.8 Å². The molecule has 0 fully saturated rings. The molecule has 0 heterocycles. The van der Waals surface area contributed by atoms with Crippen LogP contribution in [0.5, 0.6) is 11.5 Å². The van der Waals surface area contributed by atoms with Crippen LogP contribution in [0.15, 0.2) is 18.2 Å². The highest BCUT2D eigenvalue weighted by Crippen LogP contribution is 2.27. The number of rotatable bonds is 8. The first-order valence-corrected chi connectivity index (χ1v) is 6.82. The predicted molar refractivity (Wildman–Crippen MR) is 79.3 cm³/mol. The van der Waals surface area contributed by atoms with E-state index in [9.17, 15) is 4.79 Å². The van der Waals surface area contributed by atoms with Gasteiger partial charge in [-0.3, -0.25) is 4.79 Å². The van der Waals surface area contributed by atoms with Crippen molar-refractivity contribution in [1.82, 2.24) is 5.32 Å². The number of benzene rings is 1. The molecule has 3 N–H and O–H groups in total. The minimum Gasteiger partial charge on any atom is -0.493 e. The van der Waals surface area contributed by atoms with Gasteiger partial charge in [-0.15, -0.1) is 0 Å². The molecule has 0 aromatic heterocycles. The number of methoxy groups -OCH3 is 2. The number of carbonyl (C=O) groups excluding carboxylic acids is 1. The van der Waals surface area contributed by atoms with Crippen molar-refractivity contribution < 1.29 is 14.3 Å². The zero-order chi connectivity index (χ0) is 15.0. The summed E-state index contributed by atoms with van der Waals surface area (Å²) in [5.41, 5.74) is 6.12. The Hall–Kier alpha value is -1.75. The van der Waals surface area contributed by atoms with Gasteiger partial charge in [0.1, 0.15) is 0 Å². The first-order valence-electron chi connectivity index (χ1n) is 6.82. The van der Waals surface area contributed by atoms with Crippen LogP contribution in [0.4, 0.5) is 0 Å². The number of nitrogens with two attached hydrogens (primary N) is 1. The molecule has 0 saturated carbocycles. The Kier molecular flexibility index (Phi) is 6.87. The highest BCUT2D eigenvalue weighted by Gasteiger charge is 2.10. The lowest BCUT2D eigenvalue weighted by Gasteiger charge is -2.11. The SMILES string of the molecule is COc1ccc(C(=O)NCCCC(C)CN)cc1OC. The molecule has 0 bridgehead atoms. The normalized spacial score (nSPS) is 11.8. The summed E-state index contributed by atoms with van der Waals surface area (Å²) in [6, 6.07) is 5.13. The fraction of sp³-hybridized carbons (Fsp3) is 0.533. The second-order valence-corrected chi connectivity index (χ2v) is 4.81. The molecule has 1 unspecified atom stereocenters. The lowest BCUT2D eigenvalue weighted by Crippen LogP contribution is -2.25. The standard InChI is InChI=1S/C15H24N2O3/c1-11(10-16)5-4-8-17-15(18)12-6-7-13(19-2)14(9-12)20-3/h6-7,9,11H,4-5,8,10,16H2,1-3H3,(H,17,18). The number of amides is 1. The molecule has 0 aliphatic rings. The van der Waals surface area contributed by atoms with Gasteiger partial charge in [-0.1, -0.05) is 6.92 Å².